The van der Waals surface area contributed by atoms with E-state index in [0.29, 0.717) is 5.92 Å². The van der Waals surface area contributed by atoms with E-state index < -0.39 is 5.60 Å². The average Bonchev–Trinajstić information content (AvgIpc) is 3.45. The van der Waals surface area contributed by atoms with Gasteiger partial charge in [0.25, 0.3) is 0 Å². The standard InChI is InChI=1S/C21H39N5O3.HI/c1-7-22-19(23-14-18(27)24(5)6)25-12-10-17(11-13-25)26(15-16-8-9-16)20(28)29-21(2,3)4;/h16-17H,7-15H2,1-6H3,(H,22,23);1H. The molecule has 1 saturated carbocycles. The van der Waals surface area contributed by atoms with Crippen molar-refractivity contribution in [3.63, 3.8) is 0 Å². The molecule has 0 atom stereocenters. The van der Waals surface area contributed by atoms with Crippen molar-refractivity contribution in [3.05, 3.63) is 0 Å². The Bertz CT molecular complexity index is 594. The van der Waals surface area contributed by atoms with Crippen LogP contribution in [0.25, 0.3) is 0 Å². The van der Waals surface area contributed by atoms with Crippen LogP contribution in [0.4, 0.5) is 4.79 Å². The van der Waals surface area contributed by atoms with Gasteiger partial charge >= 0.3 is 6.09 Å². The Balaban J connectivity index is 0.00000450. The summed E-state index contributed by atoms with van der Waals surface area (Å²) in [6, 6.07) is 0.188. The Labute approximate surface area is 198 Å². The maximum atomic E-state index is 12.8. The summed E-state index contributed by atoms with van der Waals surface area (Å²) in [4.78, 5) is 34.9. The quantitative estimate of drug-likeness (QED) is 0.321. The number of hydrogen-bond acceptors (Lipinski definition) is 4. The van der Waals surface area contributed by atoms with E-state index in [1.54, 1.807) is 19.0 Å². The van der Waals surface area contributed by atoms with Crippen LogP contribution in [0.2, 0.25) is 0 Å². The molecule has 2 aliphatic rings. The summed E-state index contributed by atoms with van der Waals surface area (Å²) >= 11 is 0. The van der Waals surface area contributed by atoms with E-state index in [1.165, 1.54) is 12.8 Å². The molecule has 2 rings (SSSR count). The van der Waals surface area contributed by atoms with Crippen LogP contribution in [0.5, 0.6) is 0 Å². The molecule has 30 heavy (non-hydrogen) atoms. The highest BCUT2D eigenvalue weighted by atomic mass is 127. The van der Waals surface area contributed by atoms with E-state index in [2.05, 4.69) is 15.2 Å². The Morgan fingerprint density at radius 3 is 2.20 bits per heavy atom. The van der Waals surface area contributed by atoms with Crippen molar-refractivity contribution < 1.29 is 14.3 Å². The fourth-order valence-corrected chi connectivity index (χ4v) is 3.37. The summed E-state index contributed by atoms with van der Waals surface area (Å²) in [5.41, 5.74) is -0.483. The fourth-order valence-electron chi connectivity index (χ4n) is 3.37. The maximum Gasteiger partial charge on any atom is 0.410 e. The molecule has 1 N–H and O–H groups in total. The molecule has 0 radical (unpaired) electrons. The van der Waals surface area contributed by atoms with Gasteiger partial charge in [0.05, 0.1) is 0 Å². The third kappa shape index (κ3) is 8.85. The Morgan fingerprint density at radius 1 is 1.13 bits per heavy atom. The van der Waals surface area contributed by atoms with Gasteiger partial charge in [0, 0.05) is 46.3 Å². The largest absolute Gasteiger partial charge is 0.444 e. The number of aliphatic imine (C=N–C) groups is 1. The molecule has 1 aliphatic carbocycles. The molecule has 1 aliphatic heterocycles. The van der Waals surface area contributed by atoms with Crippen molar-refractivity contribution in [1.29, 1.82) is 0 Å². The molecule has 0 aromatic heterocycles. The first-order valence-electron chi connectivity index (χ1n) is 10.8. The summed E-state index contributed by atoms with van der Waals surface area (Å²) in [6.07, 6.45) is 3.96. The lowest BCUT2D eigenvalue weighted by Crippen LogP contribution is -2.52. The van der Waals surface area contributed by atoms with Gasteiger partial charge in [-0.05, 0) is 59.3 Å². The zero-order chi connectivity index (χ0) is 21.6. The molecular formula is C21H40IN5O3. The second-order valence-corrected chi connectivity index (χ2v) is 9.25. The molecule has 2 fully saturated rings. The number of carbonyl (C=O) groups is 2. The lowest BCUT2D eigenvalue weighted by Gasteiger charge is -2.40. The first kappa shape index (κ1) is 26.8. The number of guanidine groups is 1. The van der Waals surface area contributed by atoms with Crippen LogP contribution in [0.15, 0.2) is 4.99 Å². The zero-order valence-corrected chi connectivity index (χ0v) is 21.8. The van der Waals surface area contributed by atoms with Crippen molar-refractivity contribution in [2.75, 3.05) is 46.8 Å². The number of ether oxygens (including phenoxy) is 1. The number of halogens is 1. The molecule has 174 valence electrons. The predicted molar refractivity (Wildman–Crippen MR) is 130 cm³/mol. The normalized spacial score (nSPS) is 17.8. The smallest absolute Gasteiger partial charge is 0.410 e. The molecule has 8 nitrogen and oxygen atoms in total. The number of nitrogens with one attached hydrogen (secondary N) is 1. The van der Waals surface area contributed by atoms with Crippen molar-refractivity contribution in [2.45, 2.75) is 65.0 Å². The summed E-state index contributed by atoms with van der Waals surface area (Å²) in [5.74, 6) is 1.37. The number of carbonyl (C=O) groups excluding carboxylic acids is 2. The minimum absolute atomic E-state index is 0. The molecule has 0 aromatic carbocycles. The van der Waals surface area contributed by atoms with Gasteiger partial charge in [0.2, 0.25) is 5.91 Å². The highest BCUT2D eigenvalue weighted by Gasteiger charge is 2.35. The van der Waals surface area contributed by atoms with Crippen LogP contribution in [0, 0.1) is 5.92 Å². The molecule has 0 aromatic rings. The molecule has 9 heteroatoms. The van der Waals surface area contributed by atoms with Crippen LogP contribution in [0.3, 0.4) is 0 Å². The summed E-state index contributed by atoms with van der Waals surface area (Å²) in [7, 11) is 3.47. The Morgan fingerprint density at radius 2 is 1.73 bits per heavy atom. The minimum Gasteiger partial charge on any atom is -0.444 e. The SMILES string of the molecule is CCNC(=NCC(=O)N(C)C)N1CCC(N(CC2CC2)C(=O)OC(C)(C)C)CC1.I. The molecule has 1 heterocycles. The van der Waals surface area contributed by atoms with E-state index in [1.807, 2.05) is 32.6 Å². The Hall–Kier alpha value is -1.26. The van der Waals surface area contributed by atoms with Crippen molar-refractivity contribution in [2.24, 2.45) is 10.9 Å². The molecular weight excluding hydrogens is 497 g/mol. The van der Waals surface area contributed by atoms with Gasteiger partial charge in [-0.1, -0.05) is 0 Å². The monoisotopic (exact) mass is 537 g/mol. The number of nitrogens with zero attached hydrogens (tertiary/aromatic N) is 4. The van der Waals surface area contributed by atoms with Crippen LogP contribution in [0.1, 0.15) is 53.4 Å². The summed E-state index contributed by atoms with van der Waals surface area (Å²) in [5, 5.41) is 3.29. The third-order valence-electron chi connectivity index (χ3n) is 5.18. The number of piperidine rings is 1. The van der Waals surface area contributed by atoms with Crippen molar-refractivity contribution in [3.8, 4) is 0 Å². The highest BCUT2D eigenvalue weighted by molar-refractivity contribution is 14.0. The van der Waals surface area contributed by atoms with Gasteiger partial charge in [-0.25, -0.2) is 9.79 Å². The number of likely N-dealkylation sites (tertiary alicyclic amines) is 1. The highest BCUT2D eigenvalue weighted by Crippen LogP contribution is 2.32. The first-order chi connectivity index (χ1) is 13.6. The van der Waals surface area contributed by atoms with Crippen LogP contribution in [-0.2, 0) is 9.53 Å². The van der Waals surface area contributed by atoms with Gasteiger partial charge in [-0.3, -0.25) is 4.79 Å². The minimum atomic E-state index is -0.483. The van der Waals surface area contributed by atoms with Gasteiger partial charge in [-0.2, -0.15) is 0 Å². The topological polar surface area (TPSA) is 77.5 Å². The van der Waals surface area contributed by atoms with E-state index in [-0.39, 0.29) is 48.6 Å². The lowest BCUT2D eigenvalue weighted by atomic mass is 10.0. The maximum absolute atomic E-state index is 12.8. The molecule has 2 amide bonds. The van der Waals surface area contributed by atoms with Gasteiger partial charge in [-0.15, -0.1) is 24.0 Å². The van der Waals surface area contributed by atoms with E-state index in [9.17, 15) is 9.59 Å². The number of likely N-dealkylation sites (N-methyl/N-ethyl adjacent to an activating group) is 1. The van der Waals surface area contributed by atoms with E-state index in [0.717, 1.165) is 45.0 Å². The number of rotatable bonds is 6. The predicted octanol–water partition coefficient (Wildman–Crippen LogP) is 2.77. The summed E-state index contributed by atoms with van der Waals surface area (Å²) < 4.78 is 5.68. The number of hydrogen-bond donors (Lipinski definition) is 1. The second-order valence-electron chi connectivity index (χ2n) is 9.25. The second kappa shape index (κ2) is 12.0. The fraction of sp³-hybridized carbons (Fsp3) is 0.857. The molecule has 0 bridgehead atoms. The first-order valence-corrected chi connectivity index (χ1v) is 10.8. The average molecular weight is 537 g/mol. The third-order valence-corrected chi connectivity index (χ3v) is 5.18. The summed E-state index contributed by atoms with van der Waals surface area (Å²) in [6.45, 7) is 11.1. The van der Waals surface area contributed by atoms with Crippen molar-refractivity contribution in [1.82, 2.24) is 20.0 Å². The van der Waals surface area contributed by atoms with Crippen LogP contribution < -0.4 is 5.32 Å². The van der Waals surface area contributed by atoms with Gasteiger partial charge in [0.1, 0.15) is 12.1 Å². The molecule has 0 spiro atoms. The van der Waals surface area contributed by atoms with E-state index >= 15 is 0 Å². The van der Waals surface area contributed by atoms with Crippen molar-refractivity contribution >= 4 is 41.9 Å². The Kier molecular flexibility index (Phi) is 10.7. The van der Waals surface area contributed by atoms with Gasteiger partial charge < -0.3 is 24.8 Å². The van der Waals surface area contributed by atoms with E-state index in [4.69, 9.17) is 4.74 Å². The number of amides is 2. The van der Waals surface area contributed by atoms with Crippen LogP contribution >= 0.6 is 24.0 Å². The van der Waals surface area contributed by atoms with Crippen LogP contribution in [-0.4, -0.2) is 91.1 Å². The molecule has 0 unspecified atom stereocenters. The molecule has 1 saturated heterocycles. The lowest BCUT2D eigenvalue weighted by molar-refractivity contribution is -0.127. The zero-order valence-electron chi connectivity index (χ0n) is 19.4. The van der Waals surface area contributed by atoms with Gasteiger partial charge in [0.15, 0.2) is 5.96 Å².